The van der Waals surface area contributed by atoms with Crippen LogP contribution >= 0.6 is 11.6 Å². The van der Waals surface area contributed by atoms with Gasteiger partial charge in [-0.25, -0.2) is 8.42 Å². The number of hydrogen-bond donors (Lipinski definition) is 1. The van der Waals surface area contributed by atoms with Crippen LogP contribution in [0.2, 0.25) is 5.02 Å². The van der Waals surface area contributed by atoms with Crippen LogP contribution in [0.15, 0.2) is 71.6 Å². The summed E-state index contributed by atoms with van der Waals surface area (Å²) in [6.07, 6.45) is 0. The summed E-state index contributed by atoms with van der Waals surface area (Å²) >= 11 is 6.04. The highest BCUT2D eigenvalue weighted by Crippen LogP contribution is 2.29. The van der Waals surface area contributed by atoms with Crippen LogP contribution in [-0.2, 0) is 21.4 Å². The maximum atomic E-state index is 13.6. The van der Waals surface area contributed by atoms with Gasteiger partial charge in [-0.3, -0.25) is 4.79 Å². The number of amides is 1. The molecule has 32 heavy (non-hydrogen) atoms. The molecular formula is C24H25ClN2O4S. The summed E-state index contributed by atoms with van der Waals surface area (Å²) in [6.45, 7) is 3.29. The molecule has 0 spiro atoms. The molecular weight excluding hydrogens is 448 g/mol. The molecule has 0 heterocycles. The molecule has 0 saturated heterocycles. The van der Waals surface area contributed by atoms with Crippen LogP contribution in [-0.4, -0.2) is 32.3 Å². The number of carbonyl (C=O) groups is 1. The second-order valence-electron chi connectivity index (χ2n) is 7.42. The first-order chi connectivity index (χ1) is 15.2. The fourth-order valence-electron chi connectivity index (χ4n) is 3.22. The van der Waals surface area contributed by atoms with E-state index in [9.17, 15) is 13.2 Å². The van der Waals surface area contributed by atoms with Gasteiger partial charge in [-0.1, -0.05) is 54.1 Å². The normalized spacial score (nSPS) is 11.4. The van der Waals surface area contributed by atoms with Crippen molar-refractivity contribution in [3.05, 3.63) is 88.4 Å². The summed E-state index contributed by atoms with van der Waals surface area (Å²) < 4.78 is 33.7. The molecule has 1 N–H and O–H groups in total. The fraction of sp³-hybridized carbons (Fsp3) is 0.208. The summed E-state index contributed by atoms with van der Waals surface area (Å²) in [7, 11) is -2.63. The van der Waals surface area contributed by atoms with Crippen LogP contribution in [0.1, 0.15) is 16.7 Å². The summed E-state index contributed by atoms with van der Waals surface area (Å²) in [5.41, 5.74) is 2.88. The molecule has 8 heteroatoms. The summed E-state index contributed by atoms with van der Waals surface area (Å²) in [5, 5.41) is 3.25. The van der Waals surface area contributed by atoms with E-state index in [4.69, 9.17) is 16.3 Å². The van der Waals surface area contributed by atoms with E-state index < -0.39 is 15.9 Å². The van der Waals surface area contributed by atoms with Crippen molar-refractivity contribution < 1.29 is 17.9 Å². The van der Waals surface area contributed by atoms with Crippen LogP contribution in [0.5, 0.6) is 5.75 Å². The maximum absolute atomic E-state index is 13.6. The molecule has 0 aliphatic rings. The Morgan fingerprint density at radius 3 is 2.44 bits per heavy atom. The monoisotopic (exact) mass is 472 g/mol. The molecule has 0 unspecified atom stereocenters. The third kappa shape index (κ3) is 5.68. The maximum Gasteiger partial charge on any atom is 0.247 e. The Labute approximate surface area is 193 Å². The fourth-order valence-corrected chi connectivity index (χ4v) is 5.01. The molecule has 0 saturated carbocycles. The lowest BCUT2D eigenvalue weighted by Crippen LogP contribution is -2.37. The predicted molar refractivity (Wildman–Crippen MR) is 127 cm³/mol. The average Bonchev–Trinajstić information content (AvgIpc) is 2.76. The second kappa shape index (κ2) is 10.2. The highest BCUT2D eigenvalue weighted by atomic mass is 35.5. The zero-order valence-electron chi connectivity index (χ0n) is 18.1. The van der Waals surface area contributed by atoms with Gasteiger partial charge in [0, 0.05) is 17.3 Å². The third-order valence-corrected chi connectivity index (χ3v) is 6.98. The van der Waals surface area contributed by atoms with Gasteiger partial charge in [0.2, 0.25) is 15.9 Å². The smallest absolute Gasteiger partial charge is 0.247 e. The van der Waals surface area contributed by atoms with E-state index in [-0.39, 0.29) is 23.7 Å². The largest absolute Gasteiger partial charge is 0.495 e. The first-order valence-electron chi connectivity index (χ1n) is 9.95. The van der Waals surface area contributed by atoms with Crippen LogP contribution < -0.4 is 10.1 Å². The van der Waals surface area contributed by atoms with Gasteiger partial charge in [-0.2, -0.15) is 4.31 Å². The number of aryl methyl sites for hydroxylation is 2. The van der Waals surface area contributed by atoms with E-state index in [1.165, 1.54) is 7.11 Å². The van der Waals surface area contributed by atoms with E-state index in [0.717, 1.165) is 21.0 Å². The van der Waals surface area contributed by atoms with E-state index >= 15 is 0 Å². The lowest BCUT2D eigenvalue weighted by molar-refractivity contribution is -0.116. The quantitative estimate of drug-likeness (QED) is 0.511. The minimum atomic E-state index is -4.05. The van der Waals surface area contributed by atoms with Crippen molar-refractivity contribution in [1.82, 2.24) is 4.31 Å². The number of carbonyl (C=O) groups excluding carboxylic acids is 1. The lowest BCUT2D eigenvalue weighted by Gasteiger charge is -2.23. The lowest BCUT2D eigenvalue weighted by atomic mass is 10.2. The second-order valence-corrected chi connectivity index (χ2v) is 9.76. The molecule has 0 aliphatic heterocycles. The van der Waals surface area contributed by atoms with Crippen molar-refractivity contribution in [1.29, 1.82) is 0 Å². The SMILES string of the molecule is COc1ccc(C)cc1S(=O)(=O)N(CC(=O)Nc1cc(Cl)ccc1C)Cc1ccccc1. The van der Waals surface area contributed by atoms with E-state index in [1.54, 1.807) is 43.3 Å². The third-order valence-electron chi connectivity index (χ3n) is 4.93. The summed E-state index contributed by atoms with van der Waals surface area (Å²) in [4.78, 5) is 12.9. The molecule has 0 fully saturated rings. The highest BCUT2D eigenvalue weighted by molar-refractivity contribution is 7.89. The van der Waals surface area contributed by atoms with Gasteiger partial charge in [-0.05, 0) is 54.8 Å². The Kier molecular flexibility index (Phi) is 7.56. The topological polar surface area (TPSA) is 75.7 Å². The van der Waals surface area contributed by atoms with Crippen LogP contribution in [0.25, 0.3) is 0 Å². The first-order valence-corrected chi connectivity index (χ1v) is 11.8. The summed E-state index contributed by atoms with van der Waals surface area (Å²) in [6, 6.07) is 19.2. The van der Waals surface area contributed by atoms with Crippen molar-refractivity contribution in [3.8, 4) is 5.75 Å². The van der Waals surface area contributed by atoms with Gasteiger partial charge in [-0.15, -0.1) is 0 Å². The minimum absolute atomic E-state index is 0.0164. The Morgan fingerprint density at radius 1 is 1.03 bits per heavy atom. The number of sulfonamides is 1. The molecule has 6 nitrogen and oxygen atoms in total. The van der Waals surface area contributed by atoms with E-state index in [1.807, 2.05) is 37.3 Å². The standard InChI is InChI=1S/C24H25ClN2O4S/c1-17-9-12-22(31-3)23(13-17)32(29,30)27(15-19-7-5-4-6-8-19)16-24(28)26-21-14-20(25)11-10-18(21)2/h4-14H,15-16H2,1-3H3,(H,26,28). The van der Waals surface area contributed by atoms with Crippen LogP contribution in [0, 0.1) is 13.8 Å². The minimum Gasteiger partial charge on any atom is -0.495 e. The number of ether oxygens (including phenoxy) is 1. The first kappa shape index (κ1) is 23.8. The number of anilines is 1. The number of rotatable bonds is 8. The van der Waals surface area contributed by atoms with Gasteiger partial charge >= 0.3 is 0 Å². The van der Waals surface area contributed by atoms with Crippen molar-refractivity contribution in [3.63, 3.8) is 0 Å². The number of halogens is 1. The zero-order chi connectivity index (χ0) is 23.3. The van der Waals surface area contributed by atoms with E-state index in [2.05, 4.69) is 5.32 Å². The number of benzene rings is 3. The Balaban J connectivity index is 1.96. The Hall–Kier alpha value is -2.87. The predicted octanol–water partition coefficient (Wildman–Crippen LogP) is 4.80. The van der Waals surface area contributed by atoms with Crippen molar-refractivity contribution in [2.45, 2.75) is 25.3 Å². The van der Waals surface area contributed by atoms with Gasteiger partial charge in [0.1, 0.15) is 10.6 Å². The number of hydrogen-bond acceptors (Lipinski definition) is 4. The molecule has 168 valence electrons. The molecule has 0 radical (unpaired) electrons. The van der Waals surface area contributed by atoms with Crippen molar-refractivity contribution in [2.75, 3.05) is 19.0 Å². The molecule has 3 aromatic carbocycles. The Morgan fingerprint density at radius 2 is 1.75 bits per heavy atom. The van der Waals surface area contributed by atoms with Crippen LogP contribution in [0.4, 0.5) is 5.69 Å². The van der Waals surface area contributed by atoms with Crippen LogP contribution in [0.3, 0.4) is 0 Å². The van der Waals surface area contributed by atoms with Gasteiger partial charge in [0.25, 0.3) is 0 Å². The summed E-state index contributed by atoms with van der Waals surface area (Å²) in [5.74, 6) is -0.249. The molecule has 0 aliphatic carbocycles. The molecule has 3 aromatic rings. The molecule has 0 aromatic heterocycles. The Bertz CT molecular complexity index is 1210. The highest BCUT2D eigenvalue weighted by Gasteiger charge is 2.30. The van der Waals surface area contributed by atoms with E-state index in [0.29, 0.717) is 10.7 Å². The van der Waals surface area contributed by atoms with Crippen molar-refractivity contribution in [2.24, 2.45) is 0 Å². The average molecular weight is 473 g/mol. The molecule has 0 atom stereocenters. The van der Waals surface area contributed by atoms with Gasteiger partial charge in [0.05, 0.1) is 13.7 Å². The molecule has 0 bridgehead atoms. The van der Waals surface area contributed by atoms with Crippen molar-refractivity contribution >= 4 is 33.2 Å². The number of nitrogens with one attached hydrogen (secondary N) is 1. The number of nitrogens with zero attached hydrogens (tertiary/aromatic N) is 1. The van der Waals surface area contributed by atoms with Gasteiger partial charge in [0.15, 0.2) is 0 Å². The molecule has 1 amide bonds. The zero-order valence-corrected chi connectivity index (χ0v) is 19.7. The molecule has 3 rings (SSSR count). The van der Waals surface area contributed by atoms with Gasteiger partial charge < -0.3 is 10.1 Å². The number of methoxy groups -OCH3 is 1.